The Balaban J connectivity index is 2.24. The predicted octanol–water partition coefficient (Wildman–Crippen LogP) is 8.49. The number of hydrogen-bond donors (Lipinski definition) is 1. The highest BCUT2D eigenvalue weighted by Gasteiger charge is 2.40. The van der Waals surface area contributed by atoms with Gasteiger partial charge in [-0.3, -0.25) is 9.79 Å². The zero-order valence-electron chi connectivity index (χ0n) is 22.9. The molecule has 0 fully saturated rings. The molecule has 9 heteroatoms. The molecule has 3 aromatic rings. The standard InChI is InChI=1S/C31H31Cl2F2N3O2/c1-18-9-12-25(26(15-18)40-5)38-30(39)29(37-14-13-31(2,3)4)27(21-7-6-8-23(33)28(21)35)22(17-36)20-11-10-19(32)16-24(20)34/h6-12,14-16,22,27,29H,13H2,1-5H3,(H,38,39)/b37-14+. The maximum atomic E-state index is 15.6. The second-order valence-electron chi connectivity index (χ2n) is 10.7. The molecule has 0 saturated carbocycles. The van der Waals surface area contributed by atoms with E-state index in [0.717, 1.165) is 11.6 Å². The average Bonchev–Trinajstić information content (AvgIpc) is 2.88. The molecule has 0 aromatic heterocycles. The predicted molar refractivity (Wildman–Crippen MR) is 157 cm³/mol. The number of carbonyl (C=O) groups excluding carboxylic acids is 1. The van der Waals surface area contributed by atoms with Gasteiger partial charge in [0.05, 0.1) is 29.8 Å². The van der Waals surface area contributed by atoms with E-state index >= 15 is 8.78 Å². The third-order valence-electron chi connectivity index (χ3n) is 6.33. The number of ether oxygens (including phenoxy) is 1. The fraction of sp³-hybridized carbons (Fsp3) is 0.323. The molecule has 3 aromatic carbocycles. The minimum absolute atomic E-state index is 0.0441. The van der Waals surface area contributed by atoms with Gasteiger partial charge in [-0.05, 0) is 60.2 Å². The average molecular weight is 587 g/mol. The lowest BCUT2D eigenvalue weighted by Gasteiger charge is -2.29. The first-order chi connectivity index (χ1) is 18.9. The number of methoxy groups -OCH3 is 1. The summed E-state index contributed by atoms with van der Waals surface area (Å²) in [5, 5.41) is 13.1. The van der Waals surface area contributed by atoms with Gasteiger partial charge in [-0.2, -0.15) is 5.26 Å². The molecular formula is C31H31Cl2F2N3O2. The lowest BCUT2D eigenvalue weighted by molar-refractivity contribution is -0.117. The van der Waals surface area contributed by atoms with Gasteiger partial charge in [0.25, 0.3) is 0 Å². The number of anilines is 1. The molecule has 0 saturated heterocycles. The number of hydrogen-bond acceptors (Lipinski definition) is 4. The van der Waals surface area contributed by atoms with Crippen LogP contribution in [0.1, 0.15) is 55.7 Å². The number of rotatable bonds is 9. The molecule has 0 spiro atoms. The van der Waals surface area contributed by atoms with Crippen molar-refractivity contribution in [1.82, 2.24) is 0 Å². The number of nitriles is 1. The summed E-state index contributed by atoms with van der Waals surface area (Å²) in [6, 6.07) is 14.1. The van der Waals surface area contributed by atoms with E-state index in [1.807, 2.05) is 27.7 Å². The number of aliphatic imine (C=N–C) groups is 1. The number of nitrogens with one attached hydrogen (secondary N) is 1. The van der Waals surface area contributed by atoms with E-state index < -0.39 is 35.4 Å². The minimum atomic E-state index is -1.35. The molecule has 0 radical (unpaired) electrons. The van der Waals surface area contributed by atoms with E-state index in [1.54, 1.807) is 24.4 Å². The lowest BCUT2D eigenvalue weighted by Crippen LogP contribution is -2.36. The Morgan fingerprint density at radius 1 is 1.12 bits per heavy atom. The molecule has 3 atom stereocenters. The molecule has 0 heterocycles. The van der Waals surface area contributed by atoms with Gasteiger partial charge < -0.3 is 10.1 Å². The first kappa shape index (κ1) is 31.1. The quantitative estimate of drug-likeness (QED) is 0.256. The van der Waals surface area contributed by atoms with Crippen LogP contribution in [0, 0.1) is 35.3 Å². The highest BCUT2D eigenvalue weighted by Crippen LogP contribution is 2.41. The Labute approximate surface area is 243 Å². The van der Waals surface area contributed by atoms with Gasteiger partial charge >= 0.3 is 0 Å². The van der Waals surface area contributed by atoms with Crippen LogP contribution in [0.3, 0.4) is 0 Å². The van der Waals surface area contributed by atoms with E-state index in [4.69, 9.17) is 27.9 Å². The first-order valence-electron chi connectivity index (χ1n) is 12.6. The molecule has 1 N–H and O–H groups in total. The van der Waals surface area contributed by atoms with E-state index in [-0.39, 0.29) is 26.6 Å². The van der Waals surface area contributed by atoms with Crippen LogP contribution in [0.25, 0.3) is 0 Å². The SMILES string of the molecule is COc1cc(C)ccc1NC(=O)C(/N=C/CC(C)(C)C)C(c1cccc(Cl)c1F)C(C#N)c1ccc(Cl)cc1F. The molecule has 210 valence electrons. The highest BCUT2D eigenvalue weighted by atomic mass is 35.5. The zero-order chi connectivity index (χ0) is 29.6. The van der Waals surface area contributed by atoms with E-state index in [1.165, 1.54) is 37.4 Å². The second kappa shape index (κ2) is 13.3. The molecule has 0 aliphatic heterocycles. The van der Waals surface area contributed by atoms with E-state index in [9.17, 15) is 10.1 Å². The Hall–Kier alpha value is -3.47. The Bertz CT molecular complexity index is 1450. The van der Waals surface area contributed by atoms with E-state index in [0.29, 0.717) is 17.9 Å². The van der Waals surface area contributed by atoms with Crippen molar-refractivity contribution in [3.05, 3.63) is 93.0 Å². The summed E-state index contributed by atoms with van der Waals surface area (Å²) in [7, 11) is 1.47. The number of amides is 1. The van der Waals surface area contributed by atoms with Crippen LogP contribution in [0.4, 0.5) is 14.5 Å². The molecule has 40 heavy (non-hydrogen) atoms. The van der Waals surface area contributed by atoms with Crippen molar-refractivity contribution in [2.45, 2.75) is 52.0 Å². The van der Waals surface area contributed by atoms with Crippen molar-refractivity contribution in [1.29, 1.82) is 5.26 Å². The smallest absolute Gasteiger partial charge is 0.249 e. The third-order valence-corrected chi connectivity index (χ3v) is 6.86. The molecule has 1 amide bonds. The molecule has 0 bridgehead atoms. The summed E-state index contributed by atoms with van der Waals surface area (Å²) in [6.45, 7) is 7.88. The fourth-order valence-electron chi connectivity index (χ4n) is 4.28. The summed E-state index contributed by atoms with van der Waals surface area (Å²) >= 11 is 12.1. The Morgan fingerprint density at radius 2 is 1.85 bits per heavy atom. The van der Waals surface area contributed by atoms with Crippen LogP contribution in [0.2, 0.25) is 10.0 Å². The monoisotopic (exact) mass is 585 g/mol. The fourth-order valence-corrected chi connectivity index (χ4v) is 4.62. The topological polar surface area (TPSA) is 74.5 Å². The van der Waals surface area contributed by atoms with Crippen LogP contribution in [0.15, 0.2) is 59.6 Å². The molecule has 5 nitrogen and oxygen atoms in total. The van der Waals surface area contributed by atoms with Gasteiger partial charge in [0, 0.05) is 22.7 Å². The number of halogens is 4. The number of benzene rings is 3. The van der Waals surface area contributed by atoms with Gasteiger partial charge in [-0.1, -0.05) is 68.2 Å². The molecule has 3 unspecified atom stereocenters. The molecule has 0 aliphatic carbocycles. The normalized spacial score (nSPS) is 13.9. The van der Waals surface area contributed by atoms with Crippen LogP contribution >= 0.6 is 23.2 Å². The van der Waals surface area contributed by atoms with Crippen LogP contribution in [0.5, 0.6) is 5.75 Å². The summed E-state index contributed by atoms with van der Waals surface area (Å²) in [5.74, 6) is -4.38. The van der Waals surface area contributed by atoms with Gasteiger partial charge in [0.2, 0.25) is 5.91 Å². The number of aryl methyl sites for hydroxylation is 1. The minimum Gasteiger partial charge on any atom is -0.495 e. The van der Waals surface area contributed by atoms with Gasteiger partial charge in [0.1, 0.15) is 23.4 Å². The van der Waals surface area contributed by atoms with Crippen molar-refractivity contribution < 1.29 is 18.3 Å². The summed E-state index contributed by atoms with van der Waals surface area (Å²) in [4.78, 5) is 18.5. The number of carbonyl (C=O) groups is 1. The van der Waals surface area contributed by atoms with Crippen molar-refractivity contribution >= 4 is 41.0 Å². The summed E-state index contributed by atoms with van der Waals surface area (Å²) in [6.07, 6.45) is 2.07. The summed E-state index contributed by atoms with van der Waals surface area (Å²) in [5.41, 5.74) is 1.02. The Morgan fingerprint density at radius 3 is 2.48 bits per heavy atom. The Kier molecular flexibility index (Phi) is 10.3. The van der Waals surface area contributed by atoms with Gasteiger partial charge in [-0.15, -0.1) is 0 Å². The van der Waals surface area contributed by atoms with Gasteiger partial charge in [0.15, 0.2) is 0 Å². The highest BCUT2D eigenvalue weighted by molar-refractivity contribution is 6.31. The van der Waals surface area contributed by atoms with Crippen molar-refractivity contribution in [3.8, 4) is 11.8 Å². The van der Waals surface area contributed by atoms with Crippen LogP contribution in [-0.4, -0.2) is 25.3 Å². The largest absolute Gasteiger partial charge is 0.495 e. The second-order valence-corrected chi connectivity index (χ2v) is 11.5. The summed E-state index contributed by atoms with van der Waals surface area (Å²) < 4.78 is 36.2. The lowest BCUT2D eigenvalue weighted by atomic mass is 9.77. The van der Waals surface area contributed by atoms with Crippen molar-refractivity contribution in [2.24, 2.45) is 10.4 Å². The van der Waals surface area contributed by atoms with Crippen molar-refractivity contribution in [3.63, 3.8) is 0 Å². The molecule has 0 aliphatic rings. The maximum Gasteiger partial charge on any atom is 0.249 e. The zero-order valence-corrected chi connectivity index (χ0v) is 24.4. The maximum absolute atomic E-state index is 15.6. The van der Waals surface area contributed by atoms with Crippen molar-refractivity contribution in [2.75, 3.05) is 12.4 Å². The van der Waals surface area contributed by atoms with Crippen LogP contribution in [-0.2, 0) is 4.79 Å². The van der Waals surface area contributed by atoms with Gasteiger partial charge in [-0.25, -0.2) is 8.78 Å². The molecule has 3 rings (SSSR count). The first-order valence-corrected chi connectivity index (χ1v) is 13.4. The number of nitrogens with zero attached hydrogens (tertiary/aromatic N) is 2. The van der Waals surface area contributed by atoms with E-state index in [2.05, 4.69) is 16.4 Å². The molecular weight excluding hydrogens is 555 g/mol. The van der Waals surface area contributed by atoms with Crippen LogP contribution < -0.4 is 10.1 Å². The third kappa shape index (κ3) is 7.59.